The molecule has 0 aliphatic heterocycles. The molecule has 1 atom stereocenters. The minimum atomic E-state index is 0. The maximum absolute atomic E-state index is 5.96. The lowest BCUT2D eigenvalue weighted by Gasteiger charge is -2.20. The lowest BCUT2D eigenvalue weighted by molar-refractivity contribution is 0.481. The molecular weight excluding hydrogens is 385 g/mol. The lowest BCUT2D eigenvalue weighted by atomic mass is 10.1. The van der Waals surface area contributed by atoms with Crippen LogP contribution in [0.25, 0.3) is 0 Å². The Kier molecular flexibility index (Phi) is 10.0. The Hall–Kier alpha value is -0.490. The minimum Gasteiger partial charge on any atom is -0.356 e. The zero-order chi connectivity index (χ0) is 14.3. The average Bonchev–Trinajstić information content (AvgIpc) is 2.37. The summed E-state index contributed by atoms with van der Waals surface area (Å²) in [4.78, 5) is 4.23. The van der Waals surface area contributed by atoms with Crippen molar-refractivity contribution in [1.29, 1.82) is 0 Å². The van der Waals surface area contributed by atoms with E-state index in [4.69, 9.17) is 11.6 Å². The first-order chi connectivity index (χ1) is 9.02. The summed E-state index contributed by atoms with van der Waals surface area (Å²) in [5.74, 6) is 1.43. The molecule has 0 spiro atoms. The van der Waals surface area contributed by atoms with E-state index in [1.165, 1.54) is 5.56 Å². The van der Waals surface area contributed by atoms with E-state index >= 15 is 0 Å². The lowest BCUT2D eigenvalue weighted by Crippen LogP contribution is -2.44. The van der Waals surface area contributed by atoms with Gasteiger partial charge >= 0.3 is 0 Å². The Morgan fingerprint density at radius 1 is 1.30 bits per heavy atom. The van der Waals surface area contributed by atoms with Crippen molar-refractivity contribution < 1.29 is 0 Å². The largest absolute Gasteiger partial charge is 0.356 e. The van der Waals surface area contributed by atoms with Crippen molar-refractivity contribution in [2.45, 2.75) is 33.2 Å². The number of nitrogens with zero attached hydrogens (tertiary/aromatic N) is 1. The number of hydrogen-bond donors (Lipinski definition) is 2. The molecule has 0 aliphatic rings. The van der Waals surface area contributed by atoms with E-state index in [1.807, 2.05) is 18.2 Å². The monoisotopic (exact) mass is 409 g/mol. The number of benzene rings is 1. The van der Waals surface area contributed by atoms with E-state index in [0.29, 0.717) is 12.0 Å². The van der Waals surface area contributed by atoms with Crippen LogP contribution >= 0.6 is 35.6 Å². The van der Waals surface area contributed by atoms with Crippen molar-refractivity contribution in [3.63, 3.8) is 0 Å². The van der Waals surface area contributed by atoms with E-state index in [2.05, 4.69) is 42.5 Å². The van der Waals surface area contributed by atoms with Gasteiger partial charge in [0, 0.05) is 24.7 Å². The molecule has 1 aromatic carbocycles. The Bertz CT molecular complexity index is 421. The van der Waals surface area contributed by atoms with Crippen LogP contribution in [0.1, 0.15) is 26.3 Å². The quantitative estimate of drug-likeness (QED) is 0.442. The highest BCUT2D eigenvalue weighted by Crippen LogP contribution is 2.10. The fourth-order valence-corrected chi connectivity index (χ4v) is 1.81. The van der Waals surface area contributed by atoms with Gasteiger partial charge in [-0.15, -0.1) is 24.0 Å². The molecule has 1 rings (SSSR count). The van der Waals surface area contributed by atoms with Crippen LogP contribution in [0, 0.1) is 5.92 Å². The van der Waals surface area contributed by atoms with Gasteiger partial charge in [-0.1, -0.05) is 37.6 Å². The molecule has 1 aromatic rings. The summed E-state index contributed by atoms with van der Waals surface area (Å²) >= 11 is 5.96. The van der Waals surface area contributed by atoms with E-state index in [0.717, 1.165) is 23.9 Å². The molecule has 0 saturated heterocycles. The molecule has 0 aliphatic carbocycles. The molecule has 0 fully saturated rings. The molecule has 1 unspecified atom stereocenters. The van der Waals surface area contributed by atoms with E-state index in [9.17, 15) is 0 Å². The molecule has 2 N–H and O–H groups in total. The zero-order valence-electron chi connectivity index (χ0n) is 12.6. The van der Waals surface area contributed by atoms with Crippen molar-refractivity contribution in [1.82, 2.24) is 10.6 Å². The number of rotatable bonds is 5. The predicted octanol–water partition coefficient (Wildman–Crippen LogP) is 3.71. The van der Waals surface area contributed by atoms with E-state index < -0.39 is 0 Å². The summed E-state index contributed by atoms with van der Waals surface area (Å²) < 4.78 is 0. The van der Waals surface area contributed by atoms with Crippen LogP contribution in [0.3, 0.4) is 0 Å². The summed E-state index contributed by atoms with van der Waals surface area (Å²) in [6.07, 6.45) is 0.928. The Balaban J connectivity index is 0.00000361. The van der Waals surface area contributed by atoms with Gasteiger partial charge < -0.3 is 10.6 Å². The third-order valence-corrected chi connectivity index (χ3v) is 3.42. The first-order valence-electron chi connectivity index (χ1n) is 6.74. The number of aliphatic imine (C=N–C) groups is 1. The second-order valence-electron chi connectivity index (χ2n) is 5.06. The molecule has 5 heteroatoms. The highest BCUT2D eigenvalue weighted by atomic mass is 127. The maximum Gasteiger partial charge on any atom is 0.191 e. The highest BCUT2D eigenvalue weighted by Gasteiger charge is 2.08. The first-order valence-corrected chi connectivity index (χ1v) is 7.12. The van der Waals surface area contributed by atoms with Crippen molar-refractivity contribution in [2.24, 2.45) is 10.9 Å². The van der Waals surface area contributed by atoms with Crippen molar-refractivity contribution in [2.75, 3.05) is 13.6 Å². The van der Waals surface area contributed by atoms with Gasteiger partial charge in [-0.05, 0) is 37.0 Å². The molecule has 114 valence electrons. The number of guanidine groups is 1. The summed E-state index contributed by atoms with van der Waals surface area (Å²) in [6.45, 7) is 7.38. The average molecular weight is 410 g/mol. The van der Waals surface area contributed by atoms with Crippen molar-refractivity contribution >= 4 is 41.5 Å². The highest BCUT2D eigenvalue weighted by molar-refractivity contribution is 14.0. The van der Waals surface area contributed by atoms with Crippen LogP contribution in [0.5, 0.6) is 0 Å². The summed E-state index contributed by atoms with van der Waals surface area (Å²) in [6, 6.07) is 8.35. The molecular formula is C15H25ClIN3. The second-order valence-corrected chi connectivity index (χ2v) is 5.49. The van der Waals surface area contributed by atoms with Gasteiger partial charge in [0.1, 0.15) is 0 Å². The molecule has 20 heavy (non-hydrogen) atoms. The third kappa shape index (κ3) is 7.33. The molecule has 0 bridgehead atoms. The second kappa shape index (κ2) is 10.3. The normalized spacial score (nSPS) is 12.8. The molecule has 0 heterocycles. The number of halogens is 2. The molecule has 3 nitrogen and oxygen atoms in total. The number of nitrogens with one attached hydrogen (secondary N) is 2. The Labute approximate surface area is 144 Å². The van der Waals surface area contributed by atoms with Gasteiger partial charge in [0.2, 0.25) is 0 Å². The van der Waals surface area contributed by atoms with Gasteiger partial charge in [-0.2, -0.15) is 0 Å². The fraction of sp³-hybridized carbons (Fsp3) is 0.533. The van der Waals surface area contributed by atoms with Crippen molar-refractivity contribution in [3.05, 3.63) is 34.9 Å². The van der Waals surface area contributed by atoms with Gasteiger partial charge in [-0.3, -0.25) is 4.99 Å². The zero-order valence-corrected chi connectivity index (χ0v) is 15.7. The molecule has 0 amide bonds. The van der Waals surface area contributed by atoms with Crippen LogP contribution in [0.15, 0.2) is 29.3 Å². The van der Waals surface area contributed by atoms with Crippen LogP contribution in [0.4, 0.5) is 0 Å². The maximum atomic E-state index is 5.96. The first kappa shape index (κ1) is 19.5. The smallest absolute Gasteiger partial charge is 0.191 e. The standard InChI is InChI=1S/C15H24ClN3.HI/c1-11(2)12(3)19-15(17-4)18-9-8-13-6-5-7-14(16)10-13;/h5-7,10-12H,8-9H2,1-4H3,(H2,17,18,19);1H. The molecule has 0 radical (unpaired) electrons. The minimum absolute atomic E-state index is 0. The van der Waals surface area contributed by atoms with Gasteiger partial charge in [0.15, 0.2) is 5.96 Å². The fourth-order valence-electron chi connectivity index (χ4n) is 1.59. The summed E-state index contributed by atoms with van der Waals surface area (Å²) in [5, 5.41) is 7.48. The SMILES string of the molecule is CN=C(NCCc1cccc(Cl)c1)NC(C)C(C)C.I. The Morgan fingerprint density at radius 3 is 2.55 bits per heavy atom. The van der Waals surface area contributed by atoms with Crippen LogP contribution in [0.2, 0.25) is 5.02 Å². The Morgan fingerprint density at radius 2 is 2.00 bits per heavy atom. The van der Waals surface area contributed by atoms with Gasteiger partial charge in [0.25, 0.3) is 0 Å². The van der Waals surface area contributed by atoms with Crippen molar-refractivity contribution in [3.8, 4) is 0 Å². The third-order valence-electron chi connectivity index (χ3n) is 3.18. The van der Waals surface area contributed by atoms with E-state index in [1.54, 1.807) is 7.05 Å². The van der Waals surface area contributed by atoms with Gasteiger partial charge in [0.05, 0.1) is 0 Å². The summed E-state index contributed by atoms with van der Waals surface area (Å²) in [5.41, 5.74) is 1.23. The molecule has 0 aromatic heterocycles. The number of hydrogen-bond acceptors (Lipinski definition) is 1. The molecule has 0 saturated carbocycles. The van der Waals surface area contributed by atoms with Crippen LogP contribution < -0.4 is 10.6 Å². The van der Waals surface area contributed by atoms with Crippen LogP contribution in [-0.4, -0.2) is 25.6 Å². The predicted molar refractivity (Wildman–Crippen MR) is 99.4 cm³/mol. The van der Waals surface area contributed by atoms with E-state index in [-0.39, 0.29) is 24.0 Å². The van der Waals surface area contributed by atoms with Crippen LogP contribution in [-0.2, 0) is 6.42 Å². The summed E-state index contributed by atoms with van der Waals surface area (Å²) in [7, 11) is 1.79. The topological polar surface area (TPSA) is 36.4 Å². The van der Waals surface area contributed by atoms with Gasteiger partial charge in [-0.25, -0.2) is 0 Å².